The Morgan fingerprint density at radius 3 is 2.40 bits per heavy atom. The minimum absolute atomic E-state index is 0.810. The molecule has 0 heteroatoms. The molecule has 1 atom stereocenters. The van der Waals surface area contributed by atoms with Gasteiger partial charge in [-0.15, -0.1) is 0 Å². The van der Waals surface area contributed by atoms with Gasteiger partial charge in [0.15, 0.2) is 0 Å². The number of fused-ring (bicyclic) bond motifs is 1. The maximum absolute atomic E-state index is 2.47. The minimum atomic E-state index is 0.810. The van der Waals surface area contributed by atoms with Crippen LogP contribution in [0.1, 0.15) is 46.0 Å². The predicted molar refractivity (Wildman–Crippen MR) is 43.8 cm³/mol. The van der Waals surface area contributed by atoms with Crippen LogP contribution < -0.4 is 0 Å². The van der Waals surface area contributed by atoms with E-state index in [2.05, 4.69) is 13.8 Å². The first kappa shape index (κ1) is 6.69. The fourth-order valence-corrected chi connectivity index (χ4v) is 3.21. The highest BCUT2D eigenvalue weighted by molar-refractivity contribution is 5.02. The summed E-state index contributed by atoms with van der Waals surface area (Å²) < 4.78 is 0. The van der Waals surface area contributed by atoms with E-state index in [1.165, 1.54) is 12.8 Å². The van der Waals surface area contributed by atoms with Crippen LogP contribution in [0.15, 0.2) is 0 Å². The summed E-state index contributed by atoms with van der Waals surface area (Å²) in [5.74, 6) is 2.26. The van der Waals surface area contributed by atoms with Crippen LogP contribution in [-0.4, -0.2) is 0 Å². The fraction of sp³-hybridized carbons (Fsp3) is 1.00. The molecule has 2 bridgehead atoms. The van der Waals surface area contributed by atoms with Gasteiger partial charge in [0.1, 0.15) is 0 Å². The third kappa shape index (κ3) is 0.810. The lowest BCUT2D eigenvalue weighted by Crippen LogP contribution is -2.24. The van der Waals surface area contributed by atoms with Crippen LogP contribution in [-0.2, 0) is 0 Å². The molecule has 3 aliphatic rings. The molecule has 0 aromatic heterocycles. The Hall–Kier alpha value is 0. The standard InChI is InChI=1S/C10H18/c1-3-4-8-5-10(2)6-9(8)7-10/h8-9H,3-7H2,1-2H3. The highest BCUT2D eigenvalue weighted by Gasteiger charge is 2.51. The van der Waals surface area contributed by atoms with Gasteiger partial charge in [0, 0.05) is 0 Å². The van der Waals surface area contributed by atoms with Crippen molar-refractivity contribution in [2.24, 2.45) is 17.3 Å². The first-order valence-electron chi connectivity index (χ1n) is 4.73. The van der Waals surface area contributed by atoms with Gasteiger partial charge in [0.2, 0.25) is 0 Å². The lowest BCUT2D eigenvalue weighted by molar-refractivity contribution is 0.162. The van der Waals surface area contributed by atoms with Crippen LogP contribution >= 0.6 is 0 Å². The molecule has 0 saturated heterocycles. The molecule has 0 N–H and O–H groups in total. The summed E-state index contributed by atoms with van der Waals surface area (Å²) in [6.45, 7) is 4.79. The zero-order chi connectivity index (χ0) is 7.19. The van der Waals surface area contributed by atoms with E-state index < -0.39 is 0 Å². The molecule has 0 aliphatic heterocycles. The zero-order valence-electron chi connectivity index (χ0n) is 7.19. The molecule has 3 rings (SSSR count). The number of rotatable bonds is 2. The van der Waals surface area contributed by atoms with Gasteiger partial charge in [-0.2, -0.15) is 0 Å². The molecule has 58 valence electrons. The van der Waals surface area contributed by atoms with E-state index >= 15 is 0 Å². The molecule has 1 unspecified atom stereocenters. The van der Waals surface area contributed by atoms with Crippen molar-refractivity contribution in [2.75, 3.05) is 0 Å². The van der Waals surface area contributed by atoms with E-state index in [4.69, 9.17) is 0 Å². The monoisotopic (exact) mass is 138 g/mol. The Kier molecular flexibility index (Phi) is 1.33. The first-order valence-corrected chi connectivity index (χ1v) is 4.73. The molecule has 0 aromatic rings. The van der Waals surface area contributed by atoms with Crippen molar-refractivity contribution >= 4 is 0 Å². The van der Waals surface area contributed by atoms with Gasteiger partial charge in [0.25, 0.3) is 0 Å². The summed E-state index contributed by atoms with van der Waals surface area (Å²) in [6, 6.07) is 0. The van der Waals surface area contributed by atoms with Crippen molar-refractivity contribution in [1.29, 1.82) is 0 Å². The molecular weight excluding hydrogens is 120 g/mol. The van der Waals surface area contributed by atoms with E-state index in [0.717, 1.165) is 17.3 Å². The topological polar surface area (TPSA) is 0 Å². The fourth-order valence-electron chi connectivity index (χ4n) is 3.21. The van der Waals surface area contributed by atoms with Crippen LogP contribution in [0.25, 0.3) is 0 Å². The Bertz CT molecular complexity index is 131. The maximum atomic E-state index is 2.47. The van der Waals surface area contributed by atoms with Crippen molar-refractivity contribution in [2.45, 2.75) is 46.0 Å². The van der Waals surface area contributed by atoms with E-state index in [-0.39, 0.29) is 0 Å². The molecule has 3 saturated carbocycles. The number of hydrogen-bond acceptors (Lipinski definition) is 0. The quantitative estimate of drug-likeness (QED) is 0.549. The van der Waals surface area contributed by atoms with E-state index in [1.807, 2.05) is 0 Å². The molecule has 0 spiro atoms. The van der Waals surface area contributed by atoms with Gasteiger partial charge in [0.05, 0.1) is 0 Å². The number of hydrogen-bond donors (Lipinski definition) is 0. The molecular formula is C10H18. The largest absolute Gasteiger partial charge is 0.0654 e. The second kappa shape index (κ2) is 1.99. The third-order valence-corrected chi connectivity index (χ3v) is 3.59. The van der Waals surface area contributed by atoms with Gasteiger partial charge < -0.3 is 0 Å². The average molecular weight is 138 g/mol. The van der Waals surface area contributed by atoms with Gasteiger partial charge in [-0.1, -0.05) is 26.7 Å². The maximum Gasteiger partial charge on any atom is -0.0318 e. The summed E-state index contributed by atoms with van der Waals surface area (Å²) >= 11 is 0. The lowest BCUT2D eigenvalue weighted by atomic mass is 9.71. The van der Waals surface area contributed by atoms with Crippen LogP contribution in [0.3, 0.4) is 0 Å². The third-order valence-electron chi connectivity index (χ3n) is 3.59. The Morgan fingerprint density at radius 1 is 1.30 bits per heavy atom. The normalized spacial score (nSPS) is 51.0. The van der Waals surface area contributed by atoms with Gasteiger partial charge >= 0.3 is 0 Å². The van der Waals surface area contributed by atoms with E-state index in [0.29, 0.717) is 0 Å². The summed E-state index contributed by atoms with van der Waals surface area (Å²) in [4.78, 5) is 0. The summed E-state index contributed by atoms with van der Waals surface area (Å²) in [5, 5.41) is 0. The van der Waals surface area contributed by atoms with Gasteiger partial charge in [-0.25, -0.2) is 0 Å². The van der Waals surface area contributed by atoms with E-state index in [1.54, 1.807) is 19.3 Å². The molecule has 3 aliphatic carbocycles. The Labute approximate surface area is 64.0 Å². The van der Waals surface area contributed by atoms with Crippen molar-refractivity contribution < 1.29 is 0 Å². The smallest absolute Gasteiger partial charge is 0.0318 e. The van der Waals surface area contributed by atoms with Crippen LogP contribution in [0.2, 0.25) is 0 Å². The highest BCUT2D eigenvalue weighted by Crippen LogP contribution is 2.62. The van der Waals surface area contributed by atoms with Crippen LogP contribution in [0, 0.1) is 17.3 Å². The summed E-state index contributed by atoms with van der Waals surface area (Å²) in [7, 11) is 0. The second-order valence-corrected chi connectivity index (χ2v) is 4.73. The summed E-state index contributed by atoms with van der Waals surface area (Å²) in [6.07, 6.45) is 7.55. The zero-order valence-corrected chi connectivity index (χ0v) is 7.19. The van der Waals surface area contributed by atoms with E-state index in [9.17, 15) is 0 Å². The molecule has 0 aromatic carbocycles. The van der Waals surface area contributed by atoms with Crippen LogP contribution in [0.5, 0.6) is 0 Å². The van der Waals surface area contributed by atoms with Crippen molar-refractivity contribution in [3.63, 3.8) is 0 Å². The SMILES string of the molecule is CCCC1CC2(C)CC1C2. The molecule has 0 amide bonds. The van der Waals surface area contributed by atoms with Crippen LogP contribution in [0.4, 0.5) is 0 Å². The molecule has 10 heavy (non-hydrogen) atoms. The lowest BCUT2D eigenvalue weighted by Gasteiger charge is -2.34. The first-order chi connectivity index (χ1) is 4.73. The molecule has 3 fully saturated rings. The Morgan fingerprint density at radius 2 is 2.00 bits per heavy atom. The second-order valence-electron chi connectivity index (χ2n) is 4.73. The molecule has 0 heterocycles. The predicted octanol–water partition coefficient (Wildman–Crippen LogP) is 3.22. The minimum Gasteiger partial charge on any atom is -0.0654 e. The Balaban J connectivity index is 1.93. The molecule has 0 nitrogen and oxygen atoms in total. The molecule has 0 radical (unpaired) electrons. The van der Waals surface area contributed by atoms with Crippen molar-refractivity contribution in [1.82, 2.24) is 0 Å². The summed E-state index contributed by atoms with van der Waals surface area (Å²) in [5.41, 5.74) is 0.810. The van der Waals surface area contributed by atoms with Crippen molar-refractivity contribution in [3.8, 4) is 0 Å². The van der Waals surface area contributed by atoms with Crippen molar-refractivity contribution in [3.05, 3.63) is 0 Å². The highest BCUT2D eigenvalue weighted by atomic mass is 14.6. The average Bonchev–Trinajstić information content (AvgIpc) is 2.20. The van der Waals surface area contributed by atoms with Gasteiger partial charge in [-0.3, -0.25) is 0 Å². The van der Waals surface area contributed by atoms with Gasteiger partial charge in [-0.05, 0) is 36.5 Å².